The van der Waals surface area contributed by atoms with Crippen molar-refractivity contribution < 1.29 is 9.47 Å². The topological polar surface area (TPSA) is 44.5 Å². The van der Waals surface area contributed by atoms with Crippen LogP contribution in [0.2, 0.25) is 5.02 Å². The first-order valence-corrected chi connectivity index (χ1v) is 8.00. The Kier molecular flexibility index (Phi) is 5.32. The Hall–Kier alpha value is -0.750. The van der Waals surface area contributed by atoms with Gasteiger partial charge in [-0.05, 0) is 39.7 Å². The van der Waals surface area contributed by atoms with Crippen LogP contribution in [0.4, 0.5) is 0 Å². The van der Waals surface area contributed by atoms with Gasteiger partial charge in [-0.1, -0.05) is 11.6 Å². The molecule has 2 N–H and O–H groups in total. The minimum atomic E-state index is -0.141. The minimum Gasteiger partial charge on any atom is -0.493 e. The van der Waals surface area contributed by atoms with Crippen molar-refractivity contribution in [3.63, 3.8) is 0 Å². The molecule has 2 aromatic rings. The summed E-state index contributed by atoms with van der Waals surface area (Å²) in [5.74, 6) is 1.13. The average Bonchev–Trinajstić information content (AvgIpc) is 2.82. The number of benzene rings is 1. The molecule has 20 heavy (non-hydrogen) atoms. The highest BCUT2D eigenvalue weighted by atomic mass is 79.9. The second-order valence-corrected chi connectivity index (χ2v) is 6.60. The SMILES string of the molecule is COc1cc(C(N)Cc2cc(Br)cs2)cc(Cl)c1OC. The minimum absolute atomic E-state index is 0.141. The van der Waals surface area contributed by atoms with Crippen LogP contribution in [0.1, 0.15) is 16.5 Å². The summed E-state index contributed by atoms with van der Waals surface area (Å²) < 4.78 is 11.6. The number of hydrogen-bond donors (Lipinski definition) is 1. The molecule has 0 spiro atoms. The molecule has 0 aliphatic carbocycles. The van der Waals surface area contributed by atoms with E-state index in [4.69, 9.17) is 26.8 Å². The first-order chi connectivity index (χ1) is 9.55. The van der Waals surface area contributed by atoms with Crippen molar-refractivity contribution in [2.45, 2.75) is 12.5 Å². The van der Waals surface area contributed by atoms with E-state index in [-0.39, 0.29) is 6.04 Å². The maximum atomic E-state index is 6.26. The van der Waals surface area contributed by atoms with Crippen molar-refractivity contribution in [3.8, 4) is 11.5 Å². The highest BCUT2D eigenvalue weighted by molar-refractivity contribution is 9.10. The third-order valence-corrected chi connectivity index (χ3v) is 4.93. The van der Waals surface area contributed by atoms with Crippen molar-refractivity contribution in [2.24, 2.45) is 5.73 Å². The molecular formula is C14H15BrClNO2S. The zero-order valence-corrected chi connectivity index (χ0v) is 14.3. The van der Waals surface area contributed by atoms with Crippen LogP contribution in [0, 0.1) is 0 Å². The van der Waals surface area contributed by atoms with Gasteiger partial charge in [0.05, 0.1) is 19.2 Å². The van der Waals surface area contributed by atoms with Gasteiger partial charge in [0.1, 0.15) is 0 Å². The summed E-state index contributed by atoms with van der Waals surface area (Å²) in [4.78, 5) is 1.22. The number of hydrogen-bond acceptors (Lipinski definition) is 4. The van der Waals surface area contributed by atoms with E-state index in [0.29, 0.717) is 16.5 Å². The Morgan fingerprint density at radius 2 is 2.05 bits per heavy atom. The maximum Gasteiger partial charge on any atom is 0.179 e. The number of rotatable bonds is 5. The molecule has 0 saturated heterocycles. The summed E-state index contributed by atoms with van der Waals surface area (Å²) in [6, 6.07) is 5.64. The molecule has 1 atom stereocenters. The van der Waals surface area contributed by atoms with Crippen molar-refractivity contribution in [3.05, 3.63) is 43.5 Å². The number of thiophene rings is 1. The fourth-order valence-electron chi connectivity index (χ4n) is 1.95. The summed E-state index contributed by atoms with van der Waals surface area (Å²) in [5, 5.41) is 2.55. The second kappa shape index (κ2) is 6.80. The van der Waals surface area contributed by atoms with Crippen LogP contribution in [0.3, 0.4) is 0 Å². The van der Waals surface area contributed by atoms with Crippen LogP contribution >= 0.6 is 38.9 Å². The molecule has 0 amide bonds. The van der Waals surface area contributed by atoms with Crippen LogP contribution < -0.4 is 15.2 Å². The molecule has 2 rings (SSSR count). The van der Waals surface area contributed by atoms with Gasteiger partial charge in [-0.2, -0.15) is 0 Å². The molecule has 1 heterocycles. The molecule has 1 aromatic carbocycles. The second-order valence-electron chi connectivity index (χ2n) is 4.28. The fourth-order valence-corrected chi connectivity index (χ4v) is 3.75. The standard InChI is InChI=1S/C14H15BrClNO2S/c1-18-13-4-8(3-11(16)14(13)19-2)12(17)6-10-5-9(15)7-20-10/h3-5,7,12H,6,17H2,1-2H3. The first kappa shape index (κ1) is 15.6. The zero-order chi connectivity index (χ0) is 14.7. The molecule has 3 nitrogen and oxygen atoms in total. The van der Waals surface area contributed by atoms with Crippen LogP contribution in [0.5, 0.6) is 11.5 Å². The van der Waals surface area contributed by atoms with Gasteiger partial charge in [-0.25, -0.2) is 0 Å². The normalized spacial score (nSPS) is 12.2. The zero-order valence-electron chi connectivity index (χ0n) is 11.2. The van der Waals surface area contributed by atoms with Crippen molar-refractivity contribution in [1.82, 2.24) is 0 Å². The molecular weight excluding hydrogens is 362 g/mol. The van der Waals surface area contributed by atoms with Crippen molar-refractivity contribution >= 4 is 38.9 Å². The molecule has 108 valence electrons. The van der Waals surface area contributed by atoms with Crippen LogP contribution in [-0.2, 0) is 6.42 Å². The predicted molar refractivity (Wildman–Crippen MR) is 87.2 cm³/mol. The predicted octanol–water partition coefficient (Wildman–Crippen LogP) is 4.42. The number of halogens is 2. The molecule has 0 bridgehead atoms. The van der Waals surface area contributed by atoms with E-state index in [1.54, 1.807) is 25.6 Å². The molecule has 1 unspecified atom stereocenters. The molecule has 0 aliphatic rings. The molecule has 6 heteroatoms. The monoisotopic (exact) mass is 375 g/mol. The lowest BCUT2D eigenvalue weighted by atomic mass is 10.0. The Morgan fingerprint density at radius 3 is 2.60 bits per heavy atom. The molecule has 0 radical (unpaired) electrons. The van der Waals surface area contributed by atoms with E-state index >= 15 is 0 Å². The summed E-state index contributed by atoms with van der Waals surface area (Å²) in [7, 11) is 3.15. The van der Waals surface area contributed by atoms with Gasteiger partial charge in [0, 0.05) is 27.2 Å². The lowest BCUT2D eigenvalue weighted by Gasteiger charge is -2.15. The number of methoxy groups -OCH3 is 2. The lowest BCUT2D eigenvalue weighted by Crippen LogP contribution is -2.13. The largest absolute Gasteiger partial charge is 0.493 e. The average molecular weight is 377 g/mol. The van der Waals surface area contributed by atoms with Gasteiger partial charge in [-0.3, -0.25) is 0 Å². The van der Waals surface area contributed by atoms with E-state index in [1.807, 2.05) is 17.5 Å². The van der Waals surface area contributed by atoms with Gasteiger partial charge in [0.2, 0.25) is 0 Å². The molecule has 0 saturated carbocycles. The Morgan fingerprint density at radius 1 is 1.30 bits per heavy atom. The fraction of sp³-hybridized carbons (Fsp3) is 0.286. The highest BCUT2D eigenvalue weighted by Gasteiger charge is 2.15. The van der Waals surface area contributed by atoms with Gasteiger partial charge in [0.15, 0.2) is 11.5 Å². The van der Waals surface area contributed by atoms with E-state index in [1.165, 1.54) is 4.88 Å². The van der Waals surface area contributed by atoms with Gasteiger partial charge in [0.25, 0.3) is 0 Å². The molecule has 1 aromatic heterocycles. The smallest absolute Gasteiger partial charge is 0.179 e. The summed E-state index contributed by atoms with van der Waals surface area (Å²) in [6.45, 7) is 0. The van der Waals surface area contributed by atoms with E-state index in [2.05, 4.69) is 22.0 Å². The Bertz CT molecular complexity index is 603. The Labute approximate surface area is 135 Å². The molecule has 0 fully saturated rings. The quantitative estimate of drug-likeness (QED) is 0.840. The highest BCUT2D eigenvalue weighted by Crippen LogP contribution is 2.38. The summed E-state index contributed by atoms with van der Waals surface area (Å²) in [6.07, 6.45) is 0.752. The van der Waals surface area contributed by atoms with Gasteiger partial charge >= 0.3 is 0 Å². The van der Waals surface area contributed by atoms with Crippen molar-refractivity contribution in [1.29, 1.82) is 0 Å². The van der Waals surface area contributed by atoms with E-state index < -0.39 is 0 Å². The van der Waals surface area contributed by atoms with Crippen LogP contribution in [-0.4, -0.2) is 14.2 Å². The van der Waals surface area contributed by atoms with Crippen LogP contribution in [0.15, 0.2) is 28.1 Å². The summed E-state index contributed by atoms with van der Waals surface area (Å²) in [5.41, 5.74) is 7.18. The third kappa shape index (κ3) is 3.47. The first-order valence-electron chi connectivity index (χ1n) is 5.95. The Balaban J connectivity index is 2.25. The maximum absolute atomic E-state index is 6.26. The third-order valence-electron chi connectivity index (χ3n) is 2.93. The number of ether oxygens (including phenoxy) is 2. The van der Waals surface area contributed by atoms with Gasteiger partial charge < -0.3 is 15.2 Å². The van der Waals surface area contributed by atoms with E-state index in [0.717, 1.165) is 16.5 Å². The van der Waals surface area contributed by atoms with Crippen molar-refractivity contribution in [2.75, 3.05) is 14.2 Å². The number of nitrogens with two attached hydrogens (primary N) is 1. The summed E-state index contributed by atoms with van der Waals surface area (Å²) >= 11 is 11.3. The van der Waals surface area contributed by atoms with E-state index in [9.17, 15) is 0 Å². The van der Waals surface area contributed by atoms with Crippen LogP contribution in [0.25, 0.3) is 0 Å². The lowest BCUT2D eigenvalue weighted by molar-refractivity contribution is 0.354. The molecule has 0 aliphatic heterocycles. The van der Waals surface area contributed by atoms with Gasteiger partial charge in [-0.15, -0.1) is 11.3 Å².